The Morgan fingerprint density at radius 3 is 2.46 bits per heavy atom. The summed E-state index contributed by atoms with van der Waals surface area (Å²) in [6.07, 6.45) is 0. The summed E-state index contributed by atoms with van der Waals surface area (Å²) < 4.78 is 0. The van der Waals surface area contributed by atoms with Crippen molar-refractivity contribution in [1.29, 1.82) is 5.26 Å². The molecule has 0 unspecified atom stereocenters. The highest BCUT2D eigenvalue weighted by Crippen LogP contribution is 2.30. The lowest BCUT2D eigenvalue weighted by molar-refractivity contribution is 0.866. The highest BCUT2D eigenvalue weighted by atomic mass is 32.1. The standard InChI is InChI=1S/C21H22N4S/c1-4-25(5-2)18-10-11-19(15(3)12-18)23-21-24-20(14-26-21)17-8-6-16(13-22)7-9-17/h6-12,14H,4-5H2,1-3H3,(H,23,24). The monoisotopic (exact) mass is 362 g/mol. The lowest BCUT2D eigenvalue weighted by atomic mass is 10.1. The number of rotatable bonds is 6. The van der Waals surface area contributed by atoms with E-state index in [0.717, 1.165) is 35.2 Å². The fourth-order valence-electron chi connectivity index (χ4n) is 2.87. The second-order valence-electron chi connectivity index (χ2n) is 6.02. The largest absolute Gasteiger partial charge is 0.372 e. The molecule has 0 radical (unpaired) electrons. The van der Waals surface area contributed by atoms with Crippen molar-refractivity contribution in [2.24, 2.45) is 0 Å². The molecule has 1 aromatic heterocycles. The zero-order valence-electron chi connectivity index (χ0n) is 15.3. The molecule has 0 atom stereocenters. The normalized spacial score (nSPS) is 10.4. The average molecular weight is 363 g/mol. The number of aromatic nitrogens is 1. The van der Waals surface area contributed by atoms with E-state index < -0.39 is 0 Å². The summed E-state index contributed by atoms with van der Waals surface area (Å²) in [7, 11) is 0. The second kappa shape index (κ2) is 8.03. The van der Waals surface area contributed by atoms with Crippen LogP contribution in [0, 0.1) is 18.3 Å². The van der Waals surface area contributed by atoms with Crippen molar-refractivity contribution in [3.8, 4) is 17.3 Å². The van der Waals surface area contributed by atoms with Gasteiger partial charge in [-0.25, -0.2) is 4.98 Å². The number of nitrogens with one attached hydrogen (secondary N) is 1. The molecule has 0 fully saturated rings. The van der Waals surface area contributed by atoms with Crippen LogP contribution in [-0.2, 0) is 0 Å². The number of benzene rings is 2. The molecule has 0 aliphatic rings. The number of hydrogen-bond acceptors (Lipinski definition) is 5. The van der Waals surface area contributed by atoms with Crippen molar-refractivity contribution < 1.29 is 0 Å². The quantitative estimate of drug-likeness (QED) is 0.622. The van der Waals surface area contributed by atoms with Gasteiger partial charge in [0.1, 0.15) is 0 Å². The fourth-order valence-corrected chi connectivity index (χ4v) is 3.60. The minimum Gasteiger partial charge on any atom is -0.372 e. The molecule has 0 bridgehead atoms. The summed E-state index contributed by atoms with van der Waals surface area (Å²) in [5.41, 5.74) is 6.11. The lowest BCUT2D eigenvalue weighted by Crippen LogP contribution is -2.21. The van der Waals surface area contributed by atoms with Gasteiger partial charge >= 0.3 is 0 Å². The molecule has 0 saturated carbocycles. The van der Waals surface area contributed by atoms with E-state index in [1.807, 2.05) is 29.6 Å². The van der Waals surface area contributed by atoms with Crippen molar-refractivity contribution in [3.63, 3.8) is 0 Å². The smallest absolute Gasteiger partial charge is 0.187 e. The summed E-state index contributed by atoms with van der Waals surface area (Å²) in [4.78, 5) is 7.01. The van der Waals surface area contributed by atoms with Crippen LogP contribution in [0.5, 0.6) is 0 Å². The Bertz CT molecular complexity index is 918. The number of nitriles is 1. The van der Waals surface area contributed by atoms with Crippen LogP contribution in [0.25, 0.3) is 11.3 Å². The first-order valence-corrected chi connectivity index (χ1v) is 9.61. The Morgan fingerprint density at radius 1 is 1.12 bits per heavy atom. The molecular weight excluding hydrogens is 340 g/mol. The van der Waals surface area contributed by atoms with E-state index in [0.29, 0.717) is 5.56 Å². The predicted octanol–water partition coefficient (Wildman–Crippen LogP) is 5.58. The van der Waals surface area contributed by atoms with Crippen molar-refractivity contribution in [2.45, 2.75) is 20.8 Å². The summed E-state index contributed by atoms with van der Waals surface area (Å²) >= 11 is 1.58. The molecule has 1 heterocycles. The Balaban J connectivity index is 1.77. The van der Waals surface area contributed by atoms with Gasteiger partial charge in [-0.05, 0) is 56.7 Å². The lowest BCUT2D eigenvalue weighted by Gasteiger charge is -2.22. The zero-order chi connectivity index (χ0) is 18.5. The number of anilines is 3. The summed E-state index contributed by atoms with van der Waals surface area (Å²) in [6, 6.07) is 16.1. The first-order chi connectivity index (χ1) is 12.6. The van der Waals surface area contributed by atoms with Gasteiger partial charge in [-0.2, -0.15) is 5.26 Å². The molecular formula is C21H22N4S. The Morgan fingerprint density at radius 2 is 1.85 bits per heavy atom. The highest BCUT2D eigenvalue weighted by molar-refractivity contribution is 7.14. The van der Waals surface area contributed by atoms with E-state index in [1.54, 1.807) is 11.3 Å². The number of nitrogens with zero attached hydrogens (tertiary/aromatic N) is 3. The van der Waals surface area contributed by atoms with Crippen LogP contribution in [0.2, 0.25) is 0 Å². The van der Waals surface area contributed by atoms with Gasteiger partial charge in [-0.1, -0.05) is 12.1 Å². The molecule has 5 heteroatoms. The van der Waals surface area contributed by atoms with Crippen LogP contribution >= 0.6 is 11.3 Å². The second-order valence-corrected chi connectivity index (χ2v) is 6.88. The molecule has 0 saturated heterocycles. The molecule has 0 aliphatic heterocycles. The average Bonchev–Trinajstić information content (AvgIpc) is 3.13. The molecule has 0 amide bonds. The Hall–Kier alpha value is -2.84. The molecule has 3 aromatic rings. The first-order valence-electron chi connectivity index (χ1n) is 8.73. The third-order valence-electron chi connectivity index (χ3n) is 4.39. The van der Waals surface area contributed by atoms with Gasteiger partial charge in [0, 0.05) is 35.4 Å². The van der Waals surface area contributed by atoms with Crippen LogP contribution in [0.15, 0.2) is 47.8 Å². The van der Waals surface area contributed by atoms with E-state index in [4.69, 9.17) is 5.26 Å². The van der Waals surface area contributed by atoms with Crippen molar-refractivity contribution >= 4 is 27.8 Å². The van der Waals surface area contributed by atoms with Gasteiger partial charge in [0.25, 0.3) is 0 Å². The van der Waals surface area contributed by atoms with E-state index in [2.05, 4.69) is 60.2 Å². The number of thiazole rings is 1. The zero-order valence-corrected chi connectivity index (χ0v) is 16.1. The summed E-state index contributed by atoms with van der Waals surface area (Å²) in [6.45, 7) is 8.47. The fraction of sp³-hybridized carbons (Fsp3) is 0.238. The topological polar surface area (TPSA) is 52.0 Å². The molecule has 1 N–H and O–H groups in total. The molecule has 4 nitrogen and oxygen atoms in total. The van der Waals surface area contributed by atoms with E-state index >= 15 is 0 Å². The SMILES string of the molecule is CCN(CC)c1ccc(Nc2nc(-c3ccc(C#N)cc3)cs2)c(C)c1. The molecule has 132 valence electrons. The first kappa shape index (κ1) is 18.0. The van der Waals surface area contributed by atoms with E-state index in [-0.39, 0.29) is 0 Å². The Kier molecular flexibility index (Phi) is 5.55. The van der Waals surface area contributed by atoms with Crippen LogP contribution in [0.3, 0.4) is 0 Å². The van der Waals surface area contributed by atoms with E-state index in [1.165, 1.54) is 11.3 Å². The maximum absolute atomic E-state index is 8.90. The predicted molar refractivity (Wildman–Crippen MR) is 110 cm³/mol. The number of aryl methyl sites for hydroxylation is 1. The molecule has 0 spiro atoms. The van der Waals surface area contributed by atoms with Gasteiger partial charge in [0.15, 0.2) is 5.13 Å². The van der Waals surface area contributed by atoms with Crippen molar-refractivity contribution in [2.75, 3.05) is 23.3 Å². The molecule has 2 aromatic carbocycles. The van der Waals surface area contributed by atoms with Gasteiger partial charge in [-0.3, -0.25) is 0 Å². The van der Waals surface area contributed by atoms with Gasteiger partial charge < -0.3 is 10.2 Å². The minimum atomic E-state index is 0.659. The minimum absolute atomic E-state index is 0.659. The third-order valence-corrected chi connectivity index (χ3v) is 5.15. The Labute approximate surface area is 158 Å². The van der Waals surface area contributed by atoms with Crippen molar-refractivity contribution in [1.82, 2.24) is 4.98 Å². The van der Waals surface area contributed by atoms with Crippen molar-refractivity contribution in [3.05, 3.63) is 59.0 Å². The van der Waals surface area contributed by atoms with Crippen LogP contribution in [0.4, 0.5) is 16.5 Å². The summed E-state index contributed by atoms with van der Waals surface area (Å²) in [5, 5.41) is 15.2. The summed E-state index contributed by atoms with van der Waals surface area (Å²) in [5.74, 6) is 0. The molecule has 0 aliphatic carbocycles. The molecule has 26 heavy (non-hydrogen) atoms. The van der Waals surface area contributed by atoms with E-state index in [9.17, 15) is 0 Å². The number of hydrogen-bond donors (Lipinski definition) is 1. The maximum Gasteiger partial charge on any atom is 0.187 e. The third kappa shape index (κ3) is 3.87. The molecule has 3 rings (SSSR count). The maximum atomic E-state index is 8.90. The van der Waals surface area contributed by atoms with Gasteiger partial charge in [-0.15, -0.1) is 11.3 Å². The van der Waals surface area contributed by atoms with Crippen LogP contribution < -0.4 is 10.2 Å². The van der Waals surface area contributed by atoms with Crippen LogP contribution in [-0.4, -0.2) is 18.1 Å². The van der Waals surface area contributed by atoms with Crippen LogP contribution in [0.1, 0.15) is 25.0 Å². The highest BCUT2D eigenvalue weighted by Gasteiger charge is 2.08. The van der Waals surface area contributed by atoms with Gasteiger partial charge in [0.05, 0.1) is 17.3 Å². The van der Waals surface area contributed by atoms with Gasteiger partial charge in [0.2, 0.25) is 0 Å².